The average molecular weight is 356 g/mol. The first-order chi connectivity index (χ1) is 11.6. The van der Waals surface area contributed by atoms with Crippen LogP contribution in [0.2, 0.25) is 0 Å². The minimum absolute atomic E-state index is 0.0443. The molecule has 3 amide bonds. The van der Waals surface area contributed by atoms with E-state index in [1.54, 1.807) is 0 Å². The molecule has 2 aliphatic rings. The minimum Gasteiger partial charge on any atom is -0.356 e. The van der Waals surface area contributed by atoms with Crippen molar-refractivity contribution >= 4 is 30.0 Å². The van der Waals surface area contributed by atoms with Gasteiger partial charge in [-0.15, -0.1) is 0 Å². The number of amides is 3. The molecule has 0 bridgehead atoms. The maximum Gasteiger partial charge on any atom is 0.317 e. The number of unbranched alkanes of at least 4 members (excludes halogenated alkanes) is 4. The molecule has 0 aromatic rings. The Morgan fingerprint density at radius 1 is 1.33 bits per heavy atom. The van der Waals surface area contributed by atoms with Gasteiger partial charge in [0.25, 0.3) is 0 Å². The second-order valence-electron chi connectivity index (χ2n) is 6.64. The highest BCUT2D eigenvalue weighted by Gasteiger charge is 2.46. The average Bonchev–Trinajstić information content (AvgIpc) is 3.08. The first-order valence-corrected chi connectivity index (χ1v) is 10.0. The Morgan fingerprint density at radius 3 is 2.96 bits per heavy atom. The number of nitrogens with zero attached hydrogens (tertiary/aromatic N) is 1. The zero-order valence-electron chi connectivity index (χ0n) is 14.5. The molecule has 0 saturated carbocycles. The van der Waals surface area contributed by atoms with Crippen molar-refractivity contribution in [3.8, 4) is 0 Å². The number of nitrogens with one attached hydrogen (secondary N) is 2. The third-order valence-electron chi connectivity index (χ3n) is 4.82. The number of hydrogen-bond donors (Lipinski definition) is 2. The smallest absolute Gasteiger partial charge is 0.317 e. The van der Waals surface area contributed by atoms with Gasteiger partial charge in [-0.2, -0.15) is 11.8 Å². The number of thioether (sulfide) groups is 1. The molecular weight excluding hydrogens is 326 g/mol. The lowest BCUT2D eigenvalue weighted by Crippen LogP contribution is -2.38. The summed E-state index contributed by atoms with van der Waals surface area (Å²) < 4.78 is 0. The largest absolute Gasteiger partial charge is 0.356 e. The van der Waals surface area contributed by atoms with Gasteiger partial charge in [0.15, 0.2) is 0 Å². The van der Waals surface area contributed by atoms with Crippen LogP contribution in [0.4, 0.5) is 4.79 Å². The first kappa shape index (κ1) is 19.1. The number of carbonyl (C=O) groups is 3. The Hall–Kier alpha value is -1.24. The molecule has 6 nitrogen and oxygen atoms in total. The van der Waals surface area contributed by atoms with Crippen LogP contribution in [0.1, 0.15) is 51.4 Å². The fourth-order valence-corrected chi connectivity index (χ4v) is 5.09. The van der Waals surface area contributed by atoms with Crippen molar-refractivity contribution in [2.75, 3.05) is 19.3 Å². The van der Waals surface area contributed by atoms with Crippen molar-refractivity contribution in [3.05, 3.63) is 0 Å². The van der Waals surface area contributed by atoms with Crippen LogP contribution in [-0.2, 0) is 9.59 Å². The van der Waals surface area contributed by atoms with Gasteiger partial charge in [0.2, 0.25) is 5.91 Å². The maximum atomic E-state index is 11.8. The Morgan fingerprint density at radius 2 is 2.17 bits per heavy atom. The Balaban J connectivity index is 1.51. The third-order valence-corrected chi connectivity index (χ3v) is 6.32. The molecule has 2 heterocycles. The van der Waals surface area contributed by atoms with E-state index < -0.39 is 0 Å². The lowest BCUT2D eigenvalue weighted by atomic mass is 10.0. The quantitative estimate of drug-likeness (QED) is 0.337. The van der Waals surface area contributed by atoms with Crippen LogP contribution >= 0.6 is 11.8 Å². The van der Waals surface area contributed by atoms with Crippen molar-refractivity contribution in [2.45, 2.75) is 68.7 Å². The maximum absolute atomic E-state index is 11.8. The van der Waals surface area contributed by atoms with Gasteiger partial charge >= 0.3 is 6.03 Å². The van der Waals surface area contributed by atoms with Crippen molar-refractivity contribution in [2.24, 2.45) is 0 Å². The molecule has 0 aromatic carbocycles. The SMILES string of the molecule is CN1C(=O)NC2CS[C@@H](CCCCC(=O)NCCCCCC=O)C21. The molecule has 2 fully saturated rings. The molecule has 0 spiro atoms. The molecule has 2 N–H and O–H groups in total. The van der Waals surface area contributed by atoms with Gasteiger partial charge in [0, 0.05) is 37.4 Å². The second kappa shape index (κ2) is 9.91. The van der Waals surface area contributed by atoms with Crippen molar-refractivity contribution < 1.29 is 14.4 Å². The summed E-state index contributed by atoms with van der Waals surface area (Å²) in [5.41, 5.74) is 0. The molecule has 0 radical (unpaired) electrons. The monoisotopic (exact) mass is 355 g/mol. The van der Waals surface area contributed by atoms with E-state index in [4.69, 9.17) is 0 Å². The van der Waals surface area contributed by atoms with Gasteiger partial charge in [-0.1, -0.05) is 12.8 Å². The molecule has 3 atom stereocenters. The summed E-state index contributed by atoms with van der Waals surface area (Å²) >= 11 is 1.94. The molecule has 2 aliphatic heterocycles. The van der Waals surface area contributed by atoms with Crippen LogP contribution < -0.4 is 10.6 Å². The summed E-state index contributed by atoms with van der Waals surface area (Å²) in [6.45, 7) is 0.707. The molecule has 24 heavy (non-hydrogen) atoms. The van der Waals surface area contributed by atoms with E-state index >= 15 is 0 Å². The van der Waals surface area contributed by atoms with Crippen LogP contribution in [0.5, 0.6) is 0 Å². The van der Waals surface area contributed by atoms with E-state index in [1.807, 2.05) is 23.7 Å². The lowest BCUT2D eigenvalue weighted by molar-refractivity contribution is -0.121. The van der Waals surface area contributed by atoms with E-state index in [0.717, 1.165) is 50.6 Å². The molecule has 2 saturated heterocycles. The summed E-state index contributed by atoms with van der Waals surface area (Å²) in [4.78, 5) is 35.5. The van der Waals surface area contributed by atoms with Gasteiger partial charge in [0.05, 0.1) is 12.1 Å². The number of aldehydes is 1. The van der Waals surface area contributed by atoms with E-state index in [2.05, 4.69) is 10.6 Å². The molecule has 0 aliphatic carbocycles. The molecular formula is C17H29N3O3S. The van der Waals surface area contributed by atoms with Crippen LogP contribution in [0.25, 0.3) is 0 Å². The number of fused-ring (bicyclic) bond motifs is 1. The predicted octanol–water partition coefficient (Wildman–Crippen LogP) is 1.93. The van der Waals surface area contributed by atoms with Crippen molar-refractivity contribution in [1.82, 2.24) is 15.5 Å². The van der Waals surface area contributed by atoms with Crippen molar-refractivity contribution in [1.29, 1.82) is 0 Å². The van der Waals surface area contributed by atoms with Gasteiger partial charge in [-0.25, -0.2) is 4.79 Å². The molecule has 2 unspecified atom stereocenters. The van der Waals surface area contributed by atoms with Gasteiger partial charge < -0.3 is 20.3 Å². The van der Waals surface area contributed by atoms with E-state index in [0.29, 0.717) is 36.7 Å². The third kappa shape index (κ3) is 5.40. The number of likely N-dealkylation sites (N-methyl/N-ethyl adjacent to an activating group) is 1. The van der Waals surface area contributed by atoms with E-state index in [-0.39, 0.29) is 11.9 Å². The Labute approximate surface area is 148 Å². The van der Waals surface area contributed by atoms with Gasteiger partial charge in [-0.05, 0) is 25.7 Å². The molecule has 7 heteroatoms. The van der Waals surface area contributed by atoms with Crippen LogP contribution in [-0.4, -0.2) is 59.8 Å². The highest BCUT2D eigenvalue weighted by atomic mass is 32.2. The summed E-state index contributed by atoms with van der Waals surface area (Å²) in [6.07, 6.45) is 7.95. The molecule has 2 rings (SSSR count). The van der Waals surface area contributed by atoms with Crippen LogP contribution in [0.3, 0.4) is 0 Å². The Kier molecular flexibility index (Phi) is 7.88. The zero-order valence-corrected chi connectivity index (χ0v) is 15.3. The van der Waals surface area contributed by atoms with Gasteiger partial charge in [0.1, 0.15) is 6.29 Å². The van der Waals surface area contributed by atoms with E-state index in [9.17, 15) is 14.4 Å². The zero-order chi connectivity index (χ0) is 17.4. The standard InChI is InChI=1S/C17H29N3O3S/c1-20-16-13(19-17(20)23)12-24-14(16)8-4-5-9-15(22)18-10-6-2-3-7-11-21/h11,13-14,16H,2-10,12H2,1H3,(H,18,22)(H,19,23)/t13?,14-,16?/m0/s1. The summed E-state index contributed by atoms with van der Waals surface area (Å²) in [5, 5.41) is 6.46. The fraction of sp³-hybridized carbons (Fsp3) is 0.824. The second-order valence-corrected chi connectivity index (χ2v) is 7.91. The normalized spacial score (nSPS) is 25.5. The molecule has 0 aromatic heterocycles. The molecule has 136 valence electrons. The minimum atomic E-state index is 0.0443. The van der Waals surface area contributed by atoms with Gasteiger partial charge in [-0.3, -0.25) is 4.79 Å². The summed E-state index contributed by atoms with van der Waals surface area (Å²) in [6, 6.07) is 0.644. The number of urea groups is 1. The Bertz CT molecular complexity index is 447. The highest BCUT2D eigenvalue weighted by Crippen LogP contribution is 2.36. The first-order valence-electron chi connectivity index (χ1n) is 8.98. The fourth-order valence-electron chi connectivity index (χ4n) is 3.46. The van der Waals surface area contributed by atoms with Crippen molar-refractivity contribution in [3.63, 3.8) is 0 Å². The van der Waals surface area contributed by atoms with Crippen LogP contribution in [0, 0.1) is 0 Å². The van der Waals surface area contributed by atoms with Crippen LogP contribution in [0.15, 0.2) is 0 Å². The summed E-state index contributed by atoms with van der Waals surface area (Å²) in [7, 11) is 1.88. The highest BCUT2D eigenvalue weighted by molar-refractivity contribution is 8.00. The van der Waals surface area contributed by atoms with E-state index in [1.165, 1.54) is 0 Å². The predicted molar refractivity (Wildman–Crippen MR) is 96.1 cm³/mol. The number of carbonyl (C=O) groups excluding carboxylic acids is 3. The summed E-state index contributed by atoms with van der Waals surface area (Å²) in [5.74, 6) is 1.12. The number of rotatable bonds is 11. The topological polar surface area (TPSA) is 78.5 Å². The lowest BCUT2D eigenvalue weighted by Gasteiger charge is -2.23. The number of hydrogen-bond acceptors (Lipinski definition) is 4.